The van der Waals surface area contributed by atoms with Gasteiger partial charge in [0.25, 0.3) is 0 Å². The first-order valence-corrected chi connectivity index (χ1v) is 7.32. The van der Waals surface area contributed by atoms with Gasteiger partial charge in [-0.1, -0.05) is 16.8 Å². The third-order valence-electron chi connectivity index (χ3n) is 2.72. The summed E-state index contributed by atoms with van der Waals surface area (Å²) in [5.41, 5.74) is -0.0924. The smallest absolute Gasteiger partial charge is 0.408 e. The number of benzene rings is 1. The number of carbonyl (C=O) groups excluding carboxylic acids is 1. The first-order chi connectivity index (χ1) is 10.7. The molecule has 8 heteroatoms. The van der Waals surface area contributed by atoms with Gasteiger partial charge in [-0.2, -0.15) is 4.98 Å². The van der Waals surface area contributed by atoms with E-state index in [2.05, 4.69) is 15.5 Å². The van der Waals surface area contributed by atoms with Crippen molar-refractivity contribution in [2.75, 3.05) is 0 Å². The van der Waals surface area contributed by atoms with E-state index in [1.54, 1.807) is 27.7 Å². The second-order valence-corrected chi connectivity index (χ2v) is 6.36. The lowest BCUT2D eigenvalue weighted by Crippen LogP contribution is -2.34. The van der Waals surface area contributed by atoms with Gasteiger partial charge in [-0.25, -0.2) is 9.18 Å². The number of hydrogen-bond acceptors (Lipinski definition) is 5. The number of carbonyl (C=O) groups is 1. The van der Waals surface area contributed by atoms with Crippen molar-refractivity contribution < 1.29 is 18.4 Å². The van der Waals surface area contributed by atoms with Crippen LogP contribution in [0.5, 0.6) is 0 Å². The van der Waals surface area contributed by atoms with Gasteiger partial charge in [0.2, 0.25) is 11.7 Å². The van der Waals surface area contributed by atoms with Gasteiger partial charge in [0, 0.05) is 5.56 Å². The first kappa shape index (κ1) is 17.2. The zero-order valence-electron chi connectivity index (χ0n) is 13.2. The Hall–Kier alpha value is -2.15. The van der Waals surface area contributed by atoms with E-state index in [4.69, 9.17) is 20.9 Å². The average molecular weight is 342 g/mol. The van der Waals surface area contributed by atoms with Gasteiger partial charge in [-0.15, -0.1) is 0 Å². The third-order valence-corrected chi connectivity index (χ3v) is 3.01. The Bertz CT molecular complexity index is 712. The minimum Gasteiger partial charge on any atom is -0.444 e. The summed E-state index contributed by atoms with van der Waals surface area (Å²) >= 11 is 5.73. The van der Waals surface area contributed by atoms with E-state index in [0.29, 0.717) is 5.56 Å². The first-order valence-electron chi connectivity index (χ1n) is 6.94. The molecule has 0 spiro atoms. The SMILES string of the molecule is C[C@H](NC(=O)OC(C)(C)C)c1nc(-c2ccc(F)c(Cl)c2)no1. The third kappa shape index (κ3) is 4.66. The number of ether oxygens (including phenoxy) is 1. The predicted octanol–water partition coefficient (Wildman–Crippen LogP) is 4.11. The Morgan fingerprint density at radius 3 is 2.74 bits per heavy atom. The van der Waals surface area contributed by atoms with Crippen LogP contribution in [0.3, 0.4) is 0 Å². The van der Waals surface area contributed by atoms with Crippen LogP contribution in [0.2, 0.25) is 5.02 Å². The molecule has 2 aromatic rings. The van der Waals surface area contributed by atoms with Crippen molar-refractivity contribution in [3.8, 4) is 11.4 Å². The van der Waals surface area contributed by atoms with Crippen LogP contribution < -0.4 is 5.32 Å². The number of alkyl carbamates (subject to hydrolysis) is 1. The van der Waals surface area contributed by atoms with Crippen LogP contribution in [0.25, 0.3) is 11.4 Å². The van der Waals surface area contributed by atoms with E-state index in [1.807, 2.05) is 0 Å². The number of aromatic nitrogens is 2. The molecule has 1 N–H and O–H groups in total. The van der Waals surface area contributed by atoms with Crippen molar-refractivity contribution in [3.63, 3.8) is 0 Å². The standard InChI is InChI=1S/C15H17ClFN3O3/c1-8(18-14(21)22-15(2,3)4)13-19-12(20-23-13)9-5-6-11(17)10(16)7-9/h5-8H,1-4H3,(H,18,21)/t8-/m0/s1. The Kier molecular flexibility index (Phi) is 4.89. The topological polar surface area (TPSA) is 77.2 Å². The molecular weight excluding hydrogens is 325 g/mol. The number of rotatable bonds is 3. The van der Waals surface area contributed by atoms with Gasteiger partial charge in [-0.05, 0) is 45.9 Å². The summed E-state index contributed by atoms with van der Waals surface area (Å²) in [5.74, 6) is -0.0786. The van der Waals surface area contributed by atoms with E-state index in [0.717, 1.165) is 0 Å². The van der Waals surface area contributed by atoms with E-state index in [-0.39, 0.29) is 16.7 Å². The van der Waals surface area contributed by atoms with Crippen LogP contribution in [-0.4, -0.2) is 21.8 Å². The van der Waals surface area contributed by atoms with Crippen LogP contribution in [0.1, 0.15) is 39.6 Å². The summed E-state index contributed by atoms with van der Waals surface area (Å²) in [6.45, 7) is 6.97. The Balaban J connectivity index is 2.09. The molecule has 0 aliphatic carbocycles. The van der Waals surface area contributed by atoms with Crippen LogP contribution >= 0.6 is 11.6 Å². The quantitative estimate of drug-likeness (QED) is 0.908. The molecule has 6 nitrogen and oxygen atoms in total. The molecule has 0 radical (unpaired) electrons. The highest BCUT2D eigenvalue weighted by molar-refractivity contribution is 6.31. The predicted molar refractivity (Wildman–Crippen MR) is 82.5 cm³/mol. The number of nitrogens with zero attached hydrogens (tertiary/aromatic N) is 2. The molecule has 1 aromatic carbocycles. The maximum Gasteiger partial charge on any atom is 0.408 e. The van der Waals surface area contributed by atoms with E-state index >= 15 is 0 Å². The van der Waals surface area contributed by atoms with Crippen molar-refractivity contribution in [3.05, 3.63) is 34.9 Å². The summed E-state index contributed by atoms with van der Waals surface area (Å²) in [7, 11) is 0. The van der Waals surface area contributed by atoms with E-state index < -0.39 is 23.6 Å². The normalized spacial score (nSPS) is 12.8. The molecule has 2 rings (SSSR count). The van der Waals surface area contributed by atoms with Crippen molar-refractivity contribution in [1.82, 2.24) is 15.5 Å². The summed E-state index contributed by atoms with van der Waals surface area (Å²) in [6.07, 6.45) is -0.588. The fourth-order valence-corrected chi connectivity index (χ4v) is 1.89. The lowest BCUT2D eigenvalue weighted by molar-refractivity contribution is 0.0499. The summed E-state index contributed by atoms with van der Waals surface area (Å²) in [4.78, 5) is 15.9. The van der Waals surface area contributed by atoms with E-state index in [1.165, 1.54) is 18.2 Å². The Morgan fingerprint density at radius 2 is 2.13 bits per heavy atom. The maximum absolute atomic E-state index is 13.2. The fourth-order valence-electron chi connectivity index (χ4n) is 1.71. The highest BCUT2D eigenvalue weighted by Crippen LogP contribution is 2.24. The minimum atomic E-state index is -0.603. The van der Waals surface area contributed by atoms with Gasteiger partial charge in [0.15, 0.2) is 0 Å². The Labute approximate surface area is 138 Å². The highest BCUT2D eigenvalue weighted by Gasteiger charge is 2.21. The van der Waals surface area contributed by atoms with E-state index in [9.17, 15) is 9.18 Å². The molecule has 23 heavy (non-hydrogen) atoms. The second kappa shape index (κ2) is 6.54. The van der Waals surface area contributed by atoms with Crippen molar-refractivity contribution in [2.45, 2.75) is 39.3 Å². The van der Waals surface area contributed by atoms with Crippen LogP contribution in [-0.2, 0) is 4.74 Å². The molecule has 0 saturated carbocycles. The molecule has 0 aliphatic rings. The summed E-state index contributed by atoms with van der Waals surface area (Å²) < 4.78 is 23.4. The zero-order valence-corrected chi connectivity index (χ0v) is 13.9. The molecule has 1 aromatic heterocycles. The summed E-state index contributed by atoms with van der Waals surface area (Å²) in [6, 6.07) is 3.57. The molecule has 0 aliphatic heterocycles. The molecule has 1 heterocycles. The summed E-state index contributed by atoms with van der Waals surface area (Å²) in [5, 5.41) is 6.36. The monoisotopic (exact) mass is 341 g/mol. The molecule has 1 atom stereocenters. The van der Waals surface area contributed by atoms with Gasteiger partial charge in [0.05, 0.1) is 5.02 Å². The number of nitrogens with one attached hydrogen (secondary N) is 1. The molecule has 0 bridgehead atoms. The van der Waals surface area contributed by atoms with Gasteiger partial charge in [-0.3, -0.25) is 0 Å². The zero-order chi connectivity index (χ0) is 17.2. The van der Waals surface area contributed by atoms with Gasteiger partial charge in [0.1, 0.15) is 17.5 Å². The van der Waals surface area contributed by atoms with Crippen LogP contribution in [0, 0.1) is 5.82 Å². The van der Waals surface area contributed by atoms with Crippen LogP contribution in [0.4, 0.5) is 9.18 Å². The lowest BCUT2D eigenvalue weighted by atomic mass is 10.2. The second-order valence-electron chi connectivity index (χ2n) is 5.95. The van der Waals surface area contributed by atoms with Gasteiger partial charge >= 0.3 is 6.09 Å². The lowest BCUT2D eigenvalue weighted by Gasteiger charge is -2.20. The van der Waals surface area contributed by atoms with Crippen molar-refractivity contribution >= 4 is 17.7 Å². The van der Waals surface area contributed by atoms with Gasteiger partial charge < -0.3 is 14.6 Å². The number of amides is 1. The average Bonchev–Trinajstić information content (AvgIpc) is 2.89. The number of halogens is 2. The maximum atomic E-state index is 13.2. The molecule has 0 unspecified atom stereocenters. The van der Waals surface area contributed by atoms with Crippen molar-refractivity contribution in [1.29, 1.82) is 0 Å². The Morgan fingerprint density at radius 1 is 1.43 bits per heavy atom. The highest BCUT2D eigenvalue weighted by atomic mass is 35.5. The minimum absolute atomic E-state index is 0.0335. The fraction of sp³-hybridized carbons (Fsp3) is 0.400. The number of hydrogen-bond donors (Lipinski definition) is 1. The molecule has 0 fully saturated rings. The largest absolute Gasteiger partial charge is 0.444 e. The van der Waals surface area contributed by atoms with Crippen LogP contribution in [0.15, 0.2) is 22.7 Å². The molecular formula is C15H17ClFN3O3. The molecule has 124 valence electrons. The molecule has 1 amide bonds. The molecule has 0 saturated heterocycles. The van der Waals surface area contributed by atoms with Crippen molar-refractivity contribution in [2.24, 2.45) is 0 Å².